The van der Waals surface area contributed by atoms with Gasteiger partial charge in [0.1, 0.15) is 0 Å². The number of esters is 1. The van der Waals surface area contributed by atoms with Crippen LogP contribution in [0.2, 0.25) is 0 Å². The second kappa shape index (κ2) is 9.09. The lowest BCUT2D eigenvalue weighted by Crippen LogP contribution is -2.42. The first-order chi connectivity index (χ1) is 13.5. The summed E-state index contributed by atoms with van der Waals surface area (Å²) in [4.78, 5) is 41.5. The van der Waals surface area contributed by atoms with Crippen LogP contribution in [0.5, 0.6) is 0 Å². The molecule has 1 aromatic carbocycles. The molecule has 0 radical (unpaired) electrons. The number of hydrogen-bond acceptors (Lipinski definition) is 6. The number of aromatic nitrogens is 1. The van der Waals surface area contributed by atoms with Gasteiger partial charge in [-0.3, -0.25) is 15.1 Å². The zero-order valence-electron chi connectivity index (χ0n) is 15.2. The van der Waals surface area contributed by atoms with Crippen LogP contribution >= 0.6 is 11.3 Å². The van der Waals surface area contributed by atoms with Crippen molar-refractivity contribution in [3.8, 4) is 0 Å². The number of para-hydroxylation sites is 1. The van der Waals surface area contributed by atoms with Crippen molar-refractivity contribution >= 4 is 40.1 Å². The first-order valence-corrected chi connectivity index (χ1v) is 9.54. The van der Waals surface area contributed by atoms with Crippen LogP contribution in [-0.4, -0.2) is 36.0 Å². The number of urea groups is 1. The monoisotopic (exact) mass is 397 g/mol. The molecule has 3 rings (SSSR count). The van der Waals surface area contributed by atoms with Crippen LogP contribution in [0.1, 0.15) is 20.9 Å². The Morgan fingerprint density at radius 3 is 2.75 bits per heavy atom. The molecule has 0 spiro atoms. The van der Waals surface area contributed by atoms with Crippen LogP contribution in [0.4, 0.5) is 4.79 Å². The Bertz CT molecular complexity index is 1000. The summed E-state index contributed by atoms with van der Waals surface area (Å²) in [6.07, 6.45) is 0.683. The molecular formula is C20H19N3O4S. The van der Waals surface area contributed by atoms with E-state index in [0.29, 0.717) is 35.1 Å². The number of thiophene rings is 1. The fraction of sp³-hybridized carbons (Fsp3) is 0.200. The average molecular weight is 397 g/mol. The Labute approximate surface area is 165 Å². The van der Waals surface area contributed by atoms with Crippen molar-refractivity contribution in [2.24, 2.45) is 0 Å². The number of ether oxygens (including phenoxy) is 1. The van der Waals surface area contributed by atoms with Gasteiger partial charge < -0.3 is 10.1 Å². The van der Waals surface area contributed by atoms with Gasteiger partial charge in [0.2, 0.25) is 0 Å². The van der Waals surface area contributed by atoms with Gasteiger partial charge in [-0.05, 0) is 36.9 Å². The van der Waals surface area contributed by atoms with E-state index >= 15 is 0 Å². The number of pyridine rings is 1. The zero-order valence-corrected chi connectivity index (χ0v) is 16.0. The fourth-order valence-corrected chi connectivity index (χ4v) is 3.36. The molecule has 3 aromatic rings. The van der Waals surface area contributed by atoms with E-state index in [-0.39, 0.29) is 0 Å². The Morgan fingerprint density at radius 1 is 1.14 bits per heavy atom. The molecule has 0 aliphatic rings. The Hall–Kier alpha value is -3.26. The lowest BCUT2D eigenvalue weighted by molar-refractivity contribution is -0.123. The maximum absolute atomic E-state index is 12.4. The first kappa shape index (κ1) is 19.5. The molecule has 0 aliphatic heterocycles. The number of carbonyl (C=O) groups is 3. The number of fused-ring (bicyclic) bond motifs is 1. The molecule has 0 fully saturated rings. The Morgan fingerprint density at radius 2 is 1.96 bits per heavy atom. The van der Waals surface area contributed by atoms with E-state index in [1.807, 2.05) is 23.6 Å². The molecular weight excluding hydrogens is 378 g/mol. The third kappa shape index (κ3) is 5.14. The molecule has 8 heteroatoms. The van der Waals surface area contributed by atoms with Crippen molar-refractivity contribution in [1.82, 2.24) is 15.6 Å². The molecule has 0 saturated carbocycles. The molecule has 0 saturated heterocycles. The minimum absolute atomic E-state index is 0.330. The number of imide groups is 1. The topological polar surface area (TPSA) is 97.4 Å². The Balaban J connectivity index is 1.49. The van der Waals surface area contributed by atoms with Crippen molar-refractivity contribution in [3.63, 3.8) is 0 Å². The van der Waals surface area contributed by atoms with E-state index in [0.717, 1.165) is 4.88 Å². The minimum atomic E-state index is -0.697. The van der Waals surface area contributed by atoms with Crippen LogP contribution in [0.25, 0.3) is 10.9 Å². The highest BCUT2D eigenvalue weighted by atomic mass is 32.1. The van der Waals surface area contributed by atoms with E-state index in [1.165, 1.54) is 0 Å². The molecule has 3 amide bonds. The van der Waals surface area contributed by atoms with E-state index < -0.39 is 24.5 Å². The number of benzene rings is 1. The molecule has 0 unspecified atom stereocenters. The molecule has 2 heterocycles. The van der Waals surface area contributed by atoms with Gasteiger partial charge in [-0.25, -0.2) is 9.59 Å². The maximum atomic E-state index is 12.4. The van der Waals surface area contributed by atoms with Crippen molar-refractivity contribution in [2.75, 3.05) is 13.2 Å². The highest BCUT2D eigenvalue weighted by molar-refractivity contribution is 7.09. The van der Waals surface area contributed by atoms with Crippen molar-refractivity contribution in [1.29, 1.82) is 0 Å². The van der Waals surface area contributed by atoms with Crippen molar-refractivity contribution in [3.05, 3.63) is 64.0 Å². The lowest BCUT2D eigenvalue weighted by Gasteiger charge is -2.09. The number of nitrogens with zero attached hydrogens (tertiary/aromatic N) is 1. The van der Waals surface area contributed by atoms with Gasteiger partial charge in [0, 0.05) is 22.5 Å². The number of amides is 3. The highest BCUT2D eigenvalue weighted by Gasteiger charge is 2.16. The quantitative estimate of drug-likeness (QED) is 0.624. The van der Waals surface area contributed by atoms with E-state index in [1.54, 1.807) is 42.5 Å². The van der Waals surface area contributed by atoms with E-state index in [2.05, 4.69) is 15.6 Å². The van der Waals surface area contributed by atoms with Crippen LogP contribution < -0.4 is 10.6 Å². The predicted octanol–water partition coefficient (Wildman–Crippen LogP) is 2.83. The molecule has 0 bridgehead atoms. The average Bonchev–Trinajstić information content (AvgIpc) is 3.18. The number of nitrogens with one attached hydrogen (secondary N) is 2. The standard InChI is InChI=1S/C20H19N3O4S/c1-13-11-16(15-6-2-3-7-17(15)22-13)19(25)27-12-18(24)23-20(26)21-9-8-14-5-4-10-28-14/h2-7,10-11H,8-9,12H2,1H3,(H2,21,23,24,26). The molecule has 2 aromatic heterocycles. The smallest absolute Gasteiger partial charge is 0.339 e. The zero-order chi connectivity index (χ0) is 19.9. The molecule has 2 N–H and O–H groups in total. The number of carbonyl (C=O) groups excluding carboxylic acids is 3. The fourth-order valence-electron chi connectivity index (χ4n) is 2.65. The summed E-state index contributed by atoms with van der Waals surface area (Å²) in [5.41, 5.74) is 1.67. The summed E-state index contributed by atoms with van der Waals surface area (Å²) in [6, 6.07) is 12.1. The predicted molar refractivity (Wildman–Crippen MR) is 106 cm³/mol. The maximum Gasteiger partial charge on any atom is 0.339 e. The third-order valence-corrected chi connectivity index (χ3v) is 4.82. The first-order valence-electron chi connectivity index (χ1n) is 8.66. The van der Waals surface area contributed by atoms with Gasteiger partial charge in [0.05, 0.1) is 11.1 Å². The molecule has 0 atom stereocenters. The minimum Gasteiger partial charge on any atom is -0.452 e. The summed E-state index contributed by atoms with van der Waals surface area (Å²) < 4.78 is 5.06. The number of rotatable bonds is 6. The highest BCUT2D eigenvalue weighted by Crippen LogP contribution is 2.19. The molecule has 144 valence electrons. The van der Waals surface area contributed by atoms with Crippen LogP contribution in [0.3, 0.4) is 0 Å². The normalized spacial score (nSPS) is 10.5. The van der Waals surface area contributed by atoms with E-state index in [9.17, 15) is 14.4 Å². The number of aryl methyl sites for hydroxylation is 1. The largest absolute Gasteiger partial charge is 0.452 e. The molecule has 28 heavy (non-hydrogen) atoms. The summed E-state index contributed by atoms with van der Waals surface area (Å²) in [7, 11) is 0. The van der Waals surface area contributed by atoms with Crippen LogP contribution in [0, 0.1) is 6.92 Å². The summed E-state index contributed by atoms with van der Waals surface area (Å²) >= 11 is 1.60. The summed E-state index contributed by atoms with van der Waals surface area (Å²) in [5.74, 6) is -1.34. The molecule has 7 nitrogen and oxygen atoms in total. The second-order valence-corrected chi connectivity index (χ2v) is 7.07. The van der Waals surface area contributed by atoms with Gasteiger partial charge in [-0.15, -0.1) is 11.3 Å². The second-order valence-electron chi connectivity index (χ2n) is 6.04. The van der Waals surface area contributed by atoms with Gasteiger partial charge in [-0.1, -0.05) is 24.3 Å². The van der Waals surface area contributed by atoms with Crippen molar-refractivity contribution < 1.29 is 19.1 Å². The van der Waals surface area contributed by atoms with Crippen LogP contribution in [-0.2, 0) is 16.0 Å². The van der Waals surface area contributed by atoms with Crippen LogP contribution in [0.15, 0.2) is 47.8 Å². The molecule has 0 aliphatic carbocycles. The third-order valence-electron chi connectivity index (χ3n) is 3.89. The van der Waals surface area contributed by atoms with Gasteiger partial charge in [-0.2, -0.15) is 0 Å². The van der Waals surface area contributed by atoms with Gasteiger partial charge in [0.25, 0.3) is 5.91 Å². The van der Waals surface area contributed by atoms with Gasteiger partial charge >= 0.3 is 12.0 Å². The van der Waals surface area contributed by atoms with Gasteiger partial charge in [0.15, 0.2) is 6.61 Å². The van der Waals surface area contributed by atoms with Crippen molar-refractivity contribution in [2.45, 2.75) is 13.3 Å². The lowest BCUT2D eigenvalue weighted by atomic mass is 10.1. The SMILES string of the molecule is Cc1cc(C(=O)OCC(=O)NC(=O)NCCc2cccs2)c2ccccc2n1. The summed E-state index contributed by atoms with van der Waals surface area (Å²) in [5, 5.41) is 7.33. The summed E-state index contributed by atoms with van der Waals surface area (Å²) in [6.45, 7) is 1.63. The Kier molecular flexibility index (Phi) is 6.33. The van der Waals surface area contributed by atoms with E-state index in [4.69, 9.17) is 4.74 Å². The number of hydrogen-bond donors (Lipinski definition) is 2.